The first-order valence-electron chi connectivity index (χ1n) is 8.33. The number of ether oxygens (including phenoxy) is 1. The molecule has 0 atom stereocenters. The molecule has 0 unspecified atom stereocenters. The number of aromatic nitrogens is 1. The molecule has 2 aromatic rings. The minimum Gasteiger partial charge on any atom is -0.494 e. The monoisotopic (exact) mass is 349 g/mol. The Morgan fingerprint density at radius 1 is 1.35 bits per heavy atom. The quantitative estimate of drug-likeness (QED) is 0.652. The number of nitrogen functional groups attached to an aromatic ring is 1. The number of methoxy groups -OCH3 is 1. The molecule has 2 aliphatic heterocycles. The van der Waals surface area contributed by atoms with E-state index in [-0.39, 0.29) is 5.78 Å². The highest BCUT2D eigenvalue weighted by atomic mass is 16.5. The van der Waals surface area contributed by atoms with Crippen LogP contribution in [0.4, 0.5) is 11.5 Å². The van der Waals surface area contributed by atoms with Gasteiger partial charge in [0.2, 0.25) is 0 Å². The third-order valence-electron chi connectivity index (χ3n) is 4.52. The summed E-state index contributed by atoms with van der Waals surface area (Å²) >= 11 is 0. The smallest absolute Gasteiger partial charge is 0.191 e. The highest BCUT2D eigenvalue weighted by Crippen LogP contribution is 2.38. The lowest BCUT2D eigenvalue weighted by molar-refractivity contribution is 0.104. The van der Waals surface area contributed by atoms with Gasteiger partial charge in [-0.1, -0.05) is 6.07 Å². The predicted octanol–water partition coefficient (Wildman–Crippen LogP) is 2.19. The maximum atomic E-state index is 12.7. The van der Waals surface area contributed by atoms with Crippen LogP contribution in [0.1, 0.15) is 21.5 Å². The largest absolute Gasteiger partial charge is 0.494 e. The van der Waals surface area contributed by atoms with E-state index < -0.39 is 0 Å². The summed E-state index contributed by atoms with van der Waals surface area (Å²) in [5.74, 6) is 2.52. The Labute approximate surface area is 151 Å². The molecule has 4 rings (SSSR count). The van der Waals surface area contributed by atoms with Gasteiger partial charge in [0.05, 0.1) is 19.3 Å². The number of aryl methyl sites for hydroxylation is 1. The molecule has 0 saturated heterocycles. The standard InChI is InChI=1S/C19H19N5O2/c1-11-3-5-13-17(18(11)26-2)23-16(24-8-7-21-19(13)24)9-14(25)12-4-6-15(20)22-10-12/h3-6,9-10,23H,7-8H2,1-2H3,(H2,20,22). The number of ketones is 1. The average molecular weight is 349 g/mol. The van der Waals surface area contributed by atoms with Crippen LogP contribution in [0.3, 0.4) is 0 Å². The fraction of sp³-hybridized carbons (Fsp3) is 0.211. The Hall–Kier alpha value is -3.35. The van der Waals surface area contributed by atoms with Crippen molar-refractivity contribution in [3.05, 3.63) is 59.0 Å². The normalized spacial score (nSPS) is 16.6. The predicted molar refractivity (Wildman–Crippen MR) is 101 cm³/mol. The summed E-state index contributed by atoms with van der Waals surface area (Å²) in [6.45, 7) is 3.39. The fourth-order valence-electron chi connectivity index (χ4n) is 3.24. The van der Waals surface area contributed by atoms with E-state index in [0.29, 0.717) is 23.7 Å². The molecule has 3 heterocycles. The van der Waals surface area contributed by atoms with E-state index in [4.69, 9.17) is 10.5 Å². The second-order valence-corrected chi connectivity index (χ2v) is 6.19. The molecule has 0 fully saturated rings. The minimum atomic E-state index is -0.152. The molecule has 1 aromatic carbocycles. The van der Waals surface area contributed by atoms with Crippen molar-refractivity contribution in [1.29, 1.82) is 0 Å². The van der Waals surface area contributed by atoms with Crippen molar-refractivity contribution in [2.75, 3.05) is 31.2 Å². The number of hydrogen-bond donors (Lipinski definition) is 2. The van der Waals surface area contributed by atoms with Crippen LogP contribution in [0.25, 0.3) is 0 Å². The maximum Gasteiger partial charge on any atom is 0.191 e. The first-order chi connectivity index (χ1) is 12.6. The zero-order valence-corrected chi connectivity index (χ0v) is 14.6. The van der Waals surface area contributed by atoms with Crippen LogP contribution in [0.15, 0.2) is 47.4 Å². The van der Waals surface area contributed by atoms with E-state index in [2.05, 4.69) is 15.3 Å². The number of nitrogens with zero attached hydrogens (tertiary/aromatic N) is 3. The van der Waals surface area contributed by atoms with E-state index in [0.717, 1.165) is 34.9 Å². The third kappa shape index (κ3) is 2.57. The van der Waals surface area contributed by atoms with E-state index in [9.17, 15) is 4.79 Å². The summed E-state index contributed by atoms with van der Waals surface area (Å²) in [5, 5.41) is 3.36. The second kappa shape index (κ2) is 6.18. The first-order valence-corrected chi connectivity index (χ1v) is 8.33. The van der Waals surface area contributed by atoms with Crippen molar-refractivity contribution in [2.24, 2.45) is 4.99 Å². The maximum absolute atomic E-state index is 12.7. The number of nitrogens with one attached hydrogen (secondary N) is 1. The molecule has 7 heteroatoms. The van der Waals surface area contributed by atoms with Gasteiger partial charge in [0.15, 0.2) is 5.78 Å². The van der Waals surface area contributed by atoms with Crippen LogP contribution >= 0.6 is 0 Å². The molecule has 0 radical (unpaired) electrons. The van der Waals surface area contributed by atoms with Gasteiger partial charge in [0, 0.05) is 29.9 Å². The number of benzene rings is 1. The Morgan fingerprint density at radius 2 is 2.19 bits per heavy atom. The first kappa shape index (κ1) is 16.1. The van der Waals surface area contributed by atoms with Gasteiger partial charge in [0.1, 0.15) is 23.2 Å². The van der Waals surface area contributed by atoms with Crippen molar-refractivity contribution in [1.82, 2.24) is 9.88 Å². The molecule has 26 heavy (non-hydrogen) atoms. The van der Waals surface area contributed by atoms with Crippen molar-refractivity contribution >= 4 is 23.1 Å². The Kier molecular flexibility index (Phi) is 3.84. The van der Waals surface area contributed by atoms with Gasteiger partial charge >= 0.3 is 0 Å². The lowest BCUT2D eigenvalue weighted by Gasteiger charge is -2.32. The van der Waals surface area contributed by atoms with E-state index >= 15 is 0 Å². The summed E-state index contributed by atoms with van der Waals surface area (Å²) < 4.78 is 5.57. The highest BCUT2D eigenvalue weighted by Gasteiger charge is 2.32. The molecular formula is C19H19N5O2. The number of carbonyl (C=O) groups excluding carboxylic acids is 1. The van der Waals surface area contributed by atoms with Gasteiger partial charge in [-0.3, -0.25) is 9.79 Å². The number of rotatable bonds is 3. The van der Waals surface area contributed by atoms with Crippen LogP contribution in [0, 0.1) is 6.92 Å². The molecule has 1 aromatic heterocycles. The van der Waals surface area contributed by atoms with Crippen LogP contribution < -0.4 is 15.8 Å². The molecule has 0 bridgehead atoms. The summed E-state index contributed by atoms with van der Waals surface area (Å²) in [5.41, 5.74) is 8.89. The molecule has 0 aliphatic carbocycles. The zero-order valence-electron chi connectivity index (χ0n) is 14.6. The Balaban J connectivity index is 1.77. The van der Waals surface area contributed by atoms with Gasteiger partial charge in [-0.15, -0.1) is 0 Å². The molecule has 132 valence electrons. The zero-order chi connectivity index (χ0) is 18.3. The topological polar surface area (TPSA) is 92.8 Å². The molecule has 2 aliphatic rings. The van der Waals surface area contributed by atoms with Gasteiger partial charge < -0.3 is 20.7 Å². The van der Waals surface area contributed by atoms with Crippen molar-refractivity contribution in [3.63, 3.8) is 0 Å². The number of anilines is 2. The SMILES string of the molecule is COc1c(C)ccc2c1NC(=CC(=O)c1ccc(N)nc1)N1CCN=C21. The van der Waals surface area contributed by atoms with Gasteiger partial charge in [-0.05, 0) is 30.7 Å². The summed E-state index contributed by atoms with van der Waals surface area (Å²) in [7, 11) is 1.64. The average Bonchev–Trinajstić information content (AvgIpc) is 3.12. The van der Waals surface area contributed by atoms with Crippen molar-refractivity contribution in [3.8, 4) is 5.75 Å². The molecule has 0 saturated carbocycles. The fourth-order valence-corrected chi connectivity index (χ4v) is 3.24. The summed E-state index contributed by atoms with van der Waals surface area (Å²) in [6.07, 6.45) is 3.05. The second-order valence-electron chi connectivity index (χ2n) is 6.19. The molecular weight excluding hydrogens is 330 g/mol. The molecule has 3 N–H and O–H groups in total. The molecule has 7 nitrogen and oxygen atoms in total. The van der Waals surface area contributed by atoms with Gasteiger partial charge in [-0.25, -0.2) is 4.98 Å². The lowest BCUT2D eigenvalue weighted by Crippen LogP contribution is -2.36. The van der Waals surface area contributed by atoms with E-state index in [1.807, 2.05) is 24.0 Å². The number of pyridine rings is 1. The number of hydrogen-bond acceptors (Lipinski definition) is 7. The molecule has 0 amide bonds. The van der Waals surface area contributed by atoms with Crippen LogP contribution in [0.5, 0.6) is 5.75 Å². The van der Waals surface area contributed by atoms with Gasteiger partial charge in [-0.2, -0.15) is 0 Å². The highest BCUT2D eigenvalue weighted by molar-refractivity contribution is 6.11. The van der Waals surface area contributed by atoms with Crippen molar-refractivity contribution < 1.29 is 9.53 Å². The number of nitrogens with two attached hydrogens (primary N) is 1. The Morgan fingerprint density at radius 3 is 2.92 bits per heavy atom. The van der Waals surface area contributed by atoms with Crippen LogP contribution in [-0.2, 0) is 0 Å². The van der Waals surface area contributed by atoms with Crippen LogP contribution in [-0.4, -0.2) is 41.7 Å². The van der Waals surface area contributed by atoms with Crippen LogP contribution in [0.2, 0.25) is 0 Å². The number of carbonyl (C=O) groups is 1. The van der Waals surface area contributed by atoms with E-state index in [1.165, 1.54) is 6.20 Å². The molecule has 0 spiro atoms. The number of amidine groups is 1. The van der Waals surface area contributed by atoms with Gasteiger partial charge in [0.25, 0.3) is 0 Å². The number of allylic oxidation sites excluding steroid dienone is 1. The minimum absolute atomic E-state index is 0.152. The summed E-state index contributed by atoms with van der Waals surface area (Å²) in [6, 6.07) is 7.32. The summed E-state index contributed by atoms with van der Waals surface area (Å²) in [4.78, 5) is 23.3. The van der Waals surface area contributed by atoms with Crippen molar-refractivity contribution in [2.45, 2.75) is 6.92 Å². The number of fused-ring (bicyclic) bond motifs is 3. The van der Waals surface area contributed by atoms with E-state index in [1.54, 1.807) is 25.3 Å². The lowest BCUT2D eigenvalue weighted by atomic mass is 10.0. The number of aliphatic imine (C=N–C) groups is 1. The Bertz CT molecular complexity index is 947. The third-order valence-corrected chi connectivity index (χ3v) is 4.52.